The van der Waals surface area contributed by atoms with Crippen LogP contribution in [0.3, 0.4) is 0 Å². The number of hydrogen-bond donors (Lipinski definition) is 16. The molecule has 0 aromatic carbocycles. The molecule has 0 saturated heterocycles. The minimum absolute atomic E-state index is 0.0280. The van der Waals surface area contributed by atoms with Gasteiger partial charge in [0.15, 0.2) is 0 Å². The molecule has 11 amide bonds. The number of primary amides is 1. The molecular formula is C66H128N16O11. The van der Waals surface area contributed by atoms with Crippen molar-refractivity contribution in [2.45, 2.75) is 285 Å². The number of rotatable bonds is 51. The van der Waals surface area contributed by atoms with Gasteiger partial charge in [-0.2, -0.15) is 0 Å². The second-order valence-electron chi connectivity index (χ2n) is 28.2. The van der Waals surface area contributed by atoms with E-state index in [-0.39, 0.29) is 112 Å². The second kappa shape index (κ2) is 47.8. The molecule has 0 aliphatic heterocycles. The van der Waals surface area contributed by atoms with Crippen molar-refractivity contribution in [2.24, 2.45) is 75.8 Å². The number of unbranched alkanes of at least 4 members (excludes halogenated alkanes) is 4. The van der Waals surface area contributed by atoms with Gasteiger partial charge in [0.05, 0.1) is 6.04 Å². The molecule has 0 aliphatic carbocycles. The van der Waals surface area contributed by atoms with Crippen molar-refractivity contribution >= 4 is 65.0 Å². The fourth-order valence-corrected chi connectivity index (χ4v) is 10.6. The lowest BCUT2D eigenvalue weighted by molar-refractivity contribution is -0.136. The summed E-state index contributed by atoms with van der Waals surface area (Å²) in [6.45, 7) is 27.5. The Morgan fingerprint density at radius 2 is 0.398 bits per heavy atom. The van der Waals surface area contributed by atoms with E-state index in [0.717, 1.165) is 0 Å². The van der Waals surface area contributed by atoms with Crippen LogP contribution in [0.15, 0.2) is 0 Å². The Labute approximate surface area is 556 Å². The first-order valence-corrected chi connectivity index (χ1v) is 34.5. The molecule has 538 valence electrons. The fraction of sp³-hybridized carbons (Fsp3) is 0.833. The quantitative estimate of drug-likeness (QED) is 0.0384. The molecule has 0 fully saturated rings. The fourth-order valence-electron chi connectivity index (χ4n) is 10.6. The van der Waals surface area contributed by atoms with Crippen LogP contribution in [0.4, 0.5) is 0 Å². The van der Waals surface area contributed by atoms with E-state index in [1.807, 2.05) is 96.9 Å². The Kier molecular flexibility index (Phi) is 44.7. The minimum atomic E-state index is -1.23. The van der Waals surface area contributed by atoms with Crippen molar-refractivity contribution in [3.8, 4) is 0 Å². The first-order chi connectivity index (χ1) is 43.6. The highest BCUT2D eigenvalue weighted by Crippen LogP contribution is 2.17. The van der Waals surface area contributed by atoms with E-state index in [1.54, 1.807) is 0 Å². The van der Waals surface area contributed by atoms with Gasteiger partial charge in [0.2, 0.25) is 65.0 Å². The van der Waals surface area contributed by atoms with Crippen molar-refractivity contribution < 1.29 is 52.7 Å². The molecule has 0 spiro atoms. The molecule has 27 heteroatoms. The van der Waals surface area contributed by atoms with E-state index in [1.165, 1.54) is 0 Å². The summed E-state index contributed by atoms with van der Waals surface area (Å²) in [6.07, 6.45) is 6.18. The number of nitrogens with one attached hydrogen (secondary N) is 10. The lowest BCUT2D eigenvalue weighted by atomic mass is 9.98. The van der Waals surface area contributed by atoms with E-state index >= 15 is 0 Å². The van der Waals surface area contributed by atoms with Crippen LogP contribution in [-0.4, -0.2) is 158 Å². The third-order valence-electron chi connectivity index (χ3n) is 15.5. The molecule has 0 aromatic heterocycles. The standard InChI is InChI=1S/C66H128N16O11/c1-38(2)31-49(56(72)83)76-63(90)52(34-41(7)8)82-66(93)55(37-44(13)14)79-60(87)48(26-18-22-30-70)75-62(89)51(33-40(5)6)81-65(92)54(36-43(11)12)78-59(86)47(25-17-21-29-69)74-61(88)50(32-39(3)4)80-64(91)53(35-42(9)10)77-58(85)46(24-16-20-28-68)73-57(84)45(71)23-15-19-27-67/h38-55H,15-37,67-71H2,1-14H3,(H2,72,83)(H,73,84)(H,74,88)(H,75,89)(H,76,90)(H,77,85)(H,78,86)(H,79,87)(H,80,91)(H,81,92)(H,82,93)/t45-,46-,47+,48+,49+,50+,51+,52+,53+,54+,55+/m1/s1. The minimum Gasteiger partial charge on any atom is -0.368 e. The van der Waals surface area contributed by atoms with E-state index in [9.17, 15) is 52.7 Å². The molecule has 0 radical (unpaired) electrons. The van der Waals surface area contributed by atoms with Crippen LogP contribution in [0, 0.1) is 41.4 Å². The van der Waals surface area contributed by atoms with E-state index < -0.39 is 131 Å². The van der Waals surface area contributed by atoms with E-state index in [0.29, 0.717) is 77.4 Å². The van der Waals surface area contributed by atoms with Crippen LogP contribution < -0.4 is 87.6 Å². The molecule has 11 atom stereocenters. The van der Waals surface area contributed by atoms with Crippen LogP contribution in [0.2, 0.25) is 0 Å². The number of carbonyl (C=O) groups excluding carboxylic acids is 11. The predicted octanol–water partition coefficient (Wildman–Crippen LogP) is 1.49. The lowest BCUT2D eigenvalue weighted by Crippen LogP contribution is -2.61. The maximum absolute atomic E-state index is 14.6. The van der Waals surface area contributed by atoms with Crippen molar-refractivity contribution in [3.63, 3.8) is 0 Å². The monoisotopic (exact) mass is 1320 g/mol. The van der Waals surface area contributed by atoms with Gasteiger partial charge >= 0.3 is 0 Å². The molecule has 22 N–H and O–H groups in total. The number of carbonyl (C=O) groups is 11. The zero-order chi connectivity index (χ0) is 71.1. The molecule has 93 heavy (non-hydrogen) atoms. The van der Waals surface area contributed by atoms with Crippen LogP contribution in [0.25, 0.3) is 0 Å². The van der Waals surface area contributed by atoms with E-state index in [4.69, 9.17) is 34.4 Å². The zero-order valence-electron chi connectivity index (χ0n) is 59.1. The summed E-state index contributed by atoms with van der Waals surface area (Å²) < 4.78 is 0. The van der Waals surface area contributed by atoms with Gasteiger partial charge in [0, 0.05) is 0 Å². The summed E-state index contributed by atoms with van der Waals surface area (Å²) in [5, 5.41) is 28.1. The van der Waals surface area contributed by atoms with Crippen LogP contribution in [0.5, 0.6) is 0 Å². The Hall–Kier alpha value is -6.03. The summed E-state index contributed by atoms with van der Waals surface area (Å²) in [5.74, 6) is -7.99. The van der Waals surface area contributed by atoms with Gasteiger partial charge < -0.3 is 87.6 Å². The van der Waals surface area contributed by atoms with Crippen molar-refractivity contribution in [2.75, 3.05) is 26.2 Å². The van der Waals surface area contributed by atoms with Gasteiger partial charge in [-0.05, 0) is 183 Å². The number of amides is 11. The zero-order valence-corrected chi connectivity index (χ0v) is 59.1. The average molecular weight is 1320 g/mol. The summed E-state index contributed by atoms with van der Waals surface area (Å²) in [5.41, 5.74) is 34.9. The SMILES string of the molecule is CC(C)C[C@H](NC(=O)[C@H](CC(C)C)NC(=O)[C@H](CC(C)C)NC(=O)[C@H](CCCCN)NC(=O)[C@H](CC(C)C)NC(=O)[C@H](CC(C)C)NC(=O)[C@H](CCCCN)NC(=O)[C@H](CC(C)C)NC(=O)[C@H](CC(C)C)NC(=O)[C@@H](CCCCN)NC(=O)[C@H](N)CCCCN)C(N)=O. The first-order valence-electron chi connectivity index (χ1n) is 34.5. The van der Waals surface area contributed by atoms with E-state index in [2.05, 4.69) is 53.2 Å². The van der Waals surface area contributed by atoms with Crippen molar-refractivity contribution in [3.05, 3.63) is 0 Å². The summed E-state index contributed by atoms with van der Waals surface area (Å²) in [6, 6.07) is -12.3. The van der Waals surface area contributed by atoms with Crippen molar-refractivity contribution in [1.29, 1.82) is 0 Å². The average Bonchev–Trinajstić information content (AvgIpc) is 1.72. The molecule has 27 nitrogen and oxygen atoms in total. The maximum Gasteiger partial charge on any atom is 0.243 e. The predicted molar refractivity (Wildman–Crippen MR) is 364 cm³/mol. The smallest absolute Gasteiger partial charge is 0.243 e. The summed E-state index contributed by atoms with van der Waals surface area (Å²) >= 11 is 0. The molecule has 0 unspecified atom stereocenters. The van der Waals surface area contributed by atoms with Gasteiger partial charge in [-0.3, -0.25) is 52.7 Å². The Bertz CT molecular complexity index is 2270. The lowest BCUT2D eigenvalue weighted by Gasteiger charge is -2.30. The summed E-state index contributed by atoms with van der Waals surface area (Å²) in [7, 11) is 0. The molecule has 0 rings (SSSR count). The largest absolute Gasteiger partial charge is 0.368 e. The molecule has 0 bridgehead atoms. The topological polar surface area (TPSA) is 464 Å². The normalized spacial score (nSPS) is 15.2. The first kappa shape index (κ1) is 87.0. The summed E-state index contributed by atoms with van der Waals surface area (Å²) in [4.78, 5) is 154. The molecule has 0 aromatic rings. The third kappa shape index (κ3) is 38.2. The van der Waals surface area contributed by atoms with Gasteiger partial charge in [-0.1, -0.05) is 103 Å². The Morgan fingerprint density at radius 1 is 0.237 bits per heavy atom. The van der Waals surface area contributed by atoms with Crippen LogP contribution >= 0.6 is 0 Å². The van der Waals surface area contributed by atoms with Crippen LogP contribution in [-0.2, 0) is 52.7 Å². The number of hydrogen-bond acceptors (Lipinski definition) is 16. The maximum atomic E-state index is 14.6. The molecule has 0 heterocycles. The van der Waals surface area contributed by atoms with Crippen LogP contribution in [0.1, 0.15) is 219 Å². The Morgan fingerprint density at radius 3 is 0.591 bits per heavy atom. The molecular weight excluding hydrogens is 1190 g/mol. The van der Waals surface area contributed by atoms with Gasteiger partial charge in [0.25, 0.3) is 0 Å². The van der Waals surface area contributed by atoms with Gasteiger partial charge in [-0.25, -0.2) is 0 Å². The Balaban J connectivity index is 7.03. The molecule has 0 saturated carbocycles. The third-order valence-corrected chi connectivity index (χ3v) is 15.5. The van der Waals surface area contributed by atoms with Gasteiger partial charge in [0.1, 0.15) is 60.4 Å². The highest BCUT2D eigenvalue weighted by Gasteiger charge is 2.37. The second-order valence-corrected chi connectivity index (χ2v) is 28.2. The molecule has 0 aliphatic rings. The highest BCUT2D eigenvalue weighted by molar-refractivity contribution is 5.99. The number of nitrogens with two attached hydrogens (primary N) is 6. The highest BCUT2D eigenvalue weighted by atomic mass is 16.2. The van der Waals surface area contributed by atoms with Gasteiger partial charge in [-0.15, -0.1) is 0 Å². The van der Waals surface area contributed by atoms with Crippen molar-refractivity contribution in [1.82, 2.24) is 53.2 Å².